The maximum absolute atomic E-state index is 12.2. The monoisotopic (exact) mass is 304 g/mol. The minimum Gasteiger partial charge on any atom is -0.295 e. The van der Waals surface area contributed by atoms with E-state index in [1.54, 1.807) is 19.2 Å². The standard InChI is InChI=1S/C15H20N4O3/c1-10(2)8-13(20)16-17-14(21)9-19-12-7-5-4-6-11(12)18(3)15(19)22/h4-7,10H,8-9H2,1-3H3,(H,16,20)(H,17,21). The van der Waals surface area contributed by atoms with Gasteiger partial charge in [0.2, 0.25) is 5.91 Å². The van der Waals surface area contributed by atoms with Crippen molar-refractivity contribution in [1.29, 1.82) is 0 Å². The Morgan fingerprint density at radius 2 is 1.68 bits per heavy atom. The van der Waals surface area contributed by atoms with Gasteiger partial charge in [0, 0.05) is 13.5 Å². The highest BCUT2D eigenvalue weighted by molar-refractivity contribution is 5.83. The molecule has 0 aliphatic rings. The van der Waals surface area contributed by atoms with Gasteiger partial charge in [0.15, 0.2) is 0 Å². The van der Waals surface area contributed by atoms with Crippen LogP contribution >= 0.6 is 0 Å². The first kappa shape index (κ1) is 15.8. The first-order valence-electron chi connectivity index (χ1n) is 7.12. The molecule has 2 rings (SSSR count). The summed E-state index contributed by atoms with van der Waals surface area (Å²) < 4.78 is 2.86. The highest BCUT2D eigenvalue weighted by Gasteiger charge is 2.13. The van der Waals surface area contributed by atoms with Crippen molar-refractivity contribution in [3.8, 4) is 0 Å². The molecule has 0 spiro atoms. The number of hydrogen-bond acceptors (Lipinski definition) is 3. The minimum absolute atomic E-state index is 0.151. The lowest BCUT2D eigenvalue weighted by Gasteiger charge is -2.09. The fourth-order valence-corrected chi connectivity index (χ4v) is 2.26. The Bertz CT molecular complexity index is 758. The predicted molar refractivity (Wildman–Crippen MR) is 82.9 cm³/mol. The van der Waals surface area contributed by atoms with Crippen LogP contribution < -0.4 is 16.5 Å². The number of carbonyl (C=O) groups is 2. The van der Waals surface area contributed by atoms with Crippen LogP contribution in [0, 0.1) is 5.92 Å². The number of nitrogens with one attached hydrogen (secondary N) is 2. The summed E-state index contributed by atoms with van der Waals surface area (Å²) in [7, 11) is 1.66. The first-order chi connectivity index (χ1) is 10.4. The van der Waals surface area contributed by atoms with Gasteiger partial charge in [-0.15, -0.1) is 0 Å². The van der Waals surface area contributed by atoms with Crippen LogP contribution in [0.2, 0.25) is 0 Å². The normalized spacial score (nSPS) is 10.9. The molecule has 1 aromatic carbocycles. The van der Waals surface area contributed by atoms with E-state index < -0.39 is 5.91 Å². The summed E-state index contributed by atoms with van der Waals surface area (Å²) in [5, 5.41) is 0. The van der Waals surface area contributed by atoms with E-state index in [4.69, 9.17) is 0 Å². The Morgan fingerprint density at radius 1 is 1.09 bits per heavy atom. The van der Waals surface area contributed by atoms with E-state index in [1.807, 2.05) is 26.0 Å². The van der Waals surface area contributed by atoms with Gasteiger partial charge in [-0.3, -0.25) is 29.6 Å². The van der Waals surface area contributed by atoms with Gasteiger partial charge in [0.05, 0.1) is 11.0 Å². The molecule has 0 saturated heterocycles. The van der Waals surface area contributed by atoms with Gasteiger partial charge in [-0.2, -0.15) is 0 Å². The second-order valence-electron chi connectivity index (χ2n) is 5.61. The summed E-state index contributed by atoms with van der Waals surface area (Å²) in [4.78, 5) is 35.6. The quantitative estimate of drug-likeness (QED) is 0.808. The predicted octanol–water partition coefficient (Wildman–Crippen LogP) is 0.534. The van der Waals surface area contributed by atoms with Crippen molar-refractivity contribution < 1.29 is 9.59 Å². The van der Waals surface area contributed by atoms with Gasteiger partial charge in [0.1, 0.15) is 6.54 Å². The van der Waals surface area contributed by atoms with Crippen LogP contribution in [0.4, 0.5) is 0 Å². The number of hydrogen-bond donors (Lipinski definition) is 2. The zero-order valence-electron chi connectivity index (χ0n) is 12.9. The molecule has 0 unspecified atom stereocenters. The van der Waals surface area contributed by atoms with E-state index in [0.29, 0.717) is 11.9 Å². The average Bonchev–Trinajstić information content (AvgIpc) is 2.70. The third-order valence-electron chi connectivity index (χ3n) is 3.29. The van der Waals surface area contributed by atoms with Gasteiger partial charge in [-0.25, -0.2) is 4.79 Å². The Kier molecular flexibility index (Phi) is 4.65. The van der Waals surface area contributed by atoms with Crippen molar-refractivity contribution in [3.05, 3.63) is 34.7 Å². The molecule has 0 bridgehead atoms. The molecule has 1 aromatic heterocycles. The van der Waals surface area contributed by atoms with Crippen molar-refractivity contribution in [2.45, 2.75) is 26.8 Å². The Balaban J connectivity index is 2.08. The smallest absolute Gasteiger partial charge is 0.295 e. The number of nitrogens with zero attached hydrogens (tertiary/aromatic N) is 2. The molecule has 0 radical (unpaired) electrons. The molecule has 2 N–H and O–H groups in total. The highest BCUT2D eigenvalue weighted by atomic mass is 16.2. The third-order valence-corrected chi connectivity index (χ3v) is 3.29. The molecular formula is C15H20N4O3. The summed E-state index contributed by atoms with van der Waals surface area (Å²) in [6, 6.07) is 7.23. The number of aromatic nitrogens is 2. The van der Waals surface area contributed by atoms with E-state index in [0.717, 1.165) is 5.52 Å². The van der Waals surface area contributed by atoms with Crippen LogP contribution in [0.5, 0.6) is 0 Å². The average molecular weight is 304 g/mol. The van der Waals surface area contributed by atoms with Crippen molar-refractivity contribution in [3.63, 3.8) is 0 Å². The van der Waals surface area contributed by atoms with Gasteiger partial charge in [-0.05, 0) is 18.1 Å². The third kappa shape index (κ3) is 3.36. The van der Waals surface area contributed by atoms with Crippen LogP contribution in [0.1, 0.15) is 20.3 Å². The number of benzene rings is 1. The second-order valence-corrected chi connectivity index (χ2v) is 5.61. The van der Waals surface area contributed by atoms with Gasteiger partial charge < -0.3 is 0 Å². The van der Waals surface area contributed by atoms with E-state index >= 15 is 0 Å². The molecule has 118 valence electrons. The fraction of sp³-hybridized carbons (Fsp3) is 0.400. The summed E-state index contributed by atoms with van der Waals surface area (Å²) in [5.74, 6) is -0.498. The topological polar surface area (TPSA) is 85.1 Å². The molecule has 2 amide bonds. The molecule has 22 heavy (non-hydrogen) atoms. The summed E-state index contributed by atoms with van der Waals surface area (Å²) in [6.07, 6.45) is 0.328. The van der Waals surface area contributed by atoms with Crippen LogP contribution in [0.3, 0.4) is 0 Å². The Labute approximate surface area is 127 Å². The zero-order valence-corrected chi connectivity index (χ0v) is 12.9. The Morgan fingerprint density at radius 3 is 2.32 bits per heavy atom. The molecule has 0 aliphatic carbocycles. The van der Waals surface area contributed by atoms with Crippen LogP contribution in [-0.2, 0) is 23.2 Å². The van der Waals surface area contributed by atoms with Gasteiger partial charge in [-0.1, -0.05) is 26.0 Å². The number of aryl methyl sites for hydroxylation is 1. The lowest BCUT2D eigenvalue weighted by atomic mass is 10.1. The molecule has 2 aromatic rings. The van der Waals surface area contributed by atoms with E-state index in [9.17, 15) is 14.4 Å². The minimum atomic E-state index is -0.449. The summed E-state index contributed by atoms with van der Waals surface area (Å²) in [6.45, 7) is 3.68. The molecule has 0 aliphatic heterocycles. The van der Waals surface area contributed by atoms with Crippen molar-refractivity contribution >= 4 is 22.8 Å². The maximum Gasteiger partial charge on any atom is 0.329 e. The molecule has 0 atom stereocenters. The lowest BCUT2D eigenvalue weighted by molar-refractivity contribution is -0.129. The second kappa shape index (κ2) is 6.46. The number of fused-ring (bicyclic) bond motifs is 1. The first-order valence-corrected chi connectivity index (χ1v) is 7.12. The van der Waals surface area contributed by atoms with Crippen molar-refractivity contribution in [1.82, 2.24) is 20.0 Å². The molecular weight excluding hydrogens is 284 g/mol. The number of imidazole rings is 1. The van der Waals surface area contributed by atoms with Crippen LogP contribution in [-0.4, -0.2) is 20.9 Å². The lowest BCUT2D eigenvalue weighted by Crippen LogP contribution is -2.44. The maximum atomic E-state index is 12.2. The summed E-state index contributed by atoms with van der Waals surface area (Å²) in [5.41, 5.74) is 5.84. The number of para-hydroxylation sites is 2. The van der Waals surface area contributed by atoms with Crippen molar-refractivity contribution in [2.24, 2.45) is 13.0 Å². The SMILES string of the molecule is CC(C)CC(=O)NNC(=O)Cn1c(=O)n(C)c2ccccc21. The molecule has 7 nitrogen and oxygen atoms in total. The number of carbonyl (C=O) groups excluding carboxylic acids is 2. The fourth-order valence-electron chi connectivity index (χ4n) is 2.26. The summed E-state index contributed by atoms with van der Waals surface area (Å²) >= 11 is 0. The van der Waals surface area contributed by atoms with Gasteiger partial charge in [0.25, 0.3) is 5.91 Å². The number of amides is 2. The van der Waals surface area contributed by atoms with E-state index in [1.165, 1.54) is 9.13 Å². The van der Waals surface area contributed by atoms with E-state index in [-0.39, 0.29) is 24.1 Å². The Hall–Kier alpha value is -2.57. The van der Waals surface area contributed by atoms with Crippen LogP contribution in [0.15, 0.2) is 29.1 Å². The van der Waals surface area contributed by atoms with E-state index in [2.05, 4.69) is 10.9 Å². The largest absolute Gasteiger partial charge is 0.329 e. The molecule has 1 heterocycles. The number of rotatable bonds is 4. The highest BCUT2D eigenvalue weighted by Crippen LogP contribution is 2.10. The zero-order chi connectivity index (χ0) is 16.3. The molecule has 0 saturated carbocycles. The number of hydrazine groups is 1. The molecule has 0 fully saturated rings. The van der Waals surface area contributed by atoms with Crippen molar-refractivity contribution in [2.75, 3.05) is 0 Å². The van der Waals surface area contributed by atoms with Gasteiger partial charge >= 0.3 is 5.69 Å². The van der Waals surface area contributed by atoms with Crippen LogP contribution in [0.25, 0.3) is 11.0 Å². The molecule has 7 heteroatoms.